The van der Waals surface area contributed by atoms with Crippen molar-refractivity contribution < 1.29 is 9.72 Å². The number of benzene rings is 1. The van der Waals surface area contributed by atoms with Crippen LogP contribution in [0.15, 0.2) is 18.2 Å². The molecule has 1 fully saturated rings. The van der Waals surface area contributed by atoms with E-state index in [9.17, 15) is 14.9 Å². The average molecular weight is 301 g/mol. The number of amides is 1. The highest BCUT2D eigenvalue weighted by molar-refractivity contribution is 7.99. The smallest absolute Gasteiger partial charge is 0.288 e. The van der Waals surface area contributed by atoms with Crippen molar-refractivity contribution in [1.82, 2.24) is 5.32 Å². The van der Waals surface area contributed by atoms with Gasteiger partial charge in [0.05, 0.1) is 10.5 Å². The molecule has 0 radical (unpaired) electrons. The van der Waals surface area contributed by atoms with Gasteiger partial charge in [0, 0.05) is 12.6 Å². The van der Waals surface area contributed by atoms with Gasteiger partial charge in [0.2, 0.25) is 0 Å². The minimum atomic E-state index is -0.591. The minimum absolute atomic E-state index is 0.106. The number of nitrogens with one attached hydrogen (secondary N) is 1. The number of halogens is 1. The lowest BCUT2D eigenvalue weighted by Gasteiger charge is -2.10. The highest BCUT2D eigenvalue weighted by Gasteiger charge is 2.21. The van der Waals surface area contributed by atoms with Crippen LogP contribution in [-0.2, 0) is 0 Å². The van der Waals surface area contributed by atoms with Crippen molar-refractivity contribution in [1.29, 1.82) is 0 Å². The summed E-state index contributed by atoms with van der Waals surface area (Å²) in [6, 6.07) is 4.24. The Morgan fingerprint density at radius 2 is 2.37 bits per heavy atom. The summed E-state index contributed by atoms with van der Waals surface area (Å²) in [7, 11) is 0. The predicted octanol–water partition coefficient (Wildman–Crippen LogP) is 2.73. The second-order valence-corrected chi connectivity index (χ2v) is 5.86. The second-order valence-electron chi connectivity index (χ2n) is 4.34. The van der Waals surface area contributed by atoms with Gasteiger partial charge in [-0.25, -0.2) is 0 Å². The van der Waals surface area contributed by atoms with Gasteiger partial charge in [-0.1, -0.05) is 17.7 Å². The van der Waals surface area contributed by atoms with Crippen molar-refractivity contribution in [3.05, 3.63) is 38.9 Å². The molecule has 0 saturated carbocycles. The normalized spacial score (nSPS) is 18.3. The van der Waals surface area contributed by atoms with Crippen molar-refractivity contribution >= 4 is 35.0 Å². The maximum Gasteiger partial charge on any atom is 0.288 e. The van der Waals surface area contributed by atoms with Crippen LogP contribution in [0.3, 0.4) is 0 Å². The van der Waals surface area contributed by atoms with E-state index in [1.54, 1.807) is 0 Å². The zero-order valence-corrected chi connectivity index (χ0v) is 11.7. The summed E-state index contributed by atoms with van der Waals surface area (Å²) in [4.78, 5) is 22.1. The minimum Gasteiger partial charge on any atom is -0.352 e. The molecule has 1 aliphatic heterocycles. The standard InChI is InChI=1S/C12H13ClN2O3S/c13-11-9(2-1-3-10(11)15(17)18)12(16)14-6-8-4-5-19-7-8/h1-3,8H,4-7H2,(H,14,16). The van der Waals surface area contributed by atoms with Gasteiger partial charge in [0.15, 0.2) is 0 Å². The Hall–Kier alpha value is -1.27. The molecule has 1 N–H and O–H groups in total. The van der Waals surface area contributed by atoms with E-state index in [0.29, 0.717) is 12.5 Å². The van der Waals surface area contributed by atoms with Gasteiger partial charge in [-0.3, -0.25) is 14.9 Å². The Kier molecular flexibility index (Phi) is 4.66. The van der Waals surface area contributed by atoms with E-state index in [1.807, 2.05) is 11.8 Å². The fraction of sp³-hybridized carbons (Fsp3) is 0.417. The molecule has 1 aromatic rings. The SMILES string of the molecule is O=C(NCC1CCSC1)c1cccc([N+](=O)[O-])c1Cl. The predicted molar refractivity (Wildman–Crippen MR) is 75.9 cm³/mol. The monoisotopic (exact) mass is 300 g/mol. The summed E-state index contributed by atoms with van der Waals surface area (Å²) in [5.74, 6) is 2.29. The van der Waals surface area contributed by atoms with Crippen LogP contribution in [0.5, 0.6) is 0 Å². The Labute approximate surface area is 119 Å². The van der Waals surface area contributed by atoms with Gasteiger partial charge in [0.1, 0.15) is 5.02 Å². The van der Waals surface area contributed by atoms with E-state index in [1.165, 1.54) is 18.2 Å². The molecule has 2 rings (SSSR count). The van der Waals surface area contributed by atoms with Crippen LogP contribution in [0.25, 0.3) is 0 Å². The first-order valence-corrected chi connectivity index (χ1v) is 7.41. The molecule has 1 amide bonds. The summed E-state index contributed by atoms with van der Waals surface area (Å²) in [5.41, 5.74) is -0.0905. The lowest BCUT2D eigenvalue weighted by Crippen LogP contribution is -2.29. The molecule has 0 bridgehead atoms. The first-order valence-electron chi connectivity index (χ1n) is 5.88. The lowest BCUT2D eigenvalue weighted by molar-refractivity contribution is -0.384. The van der Waals surface area contributed by atoms with Gasteiger partial charge in [-0.15, -0.1) is 0 Å². The van der Waals surface area contributed by atoms with E-state index >= 15 is 0 Å². The van der Waals surface area contributed by atoms with Crippen LogP contribution in [-0.4, -0.2) is 28.9 Å². The molecule has 1 unspecified atom stereocenters. The quantitative estimate of drug-likeness (QED) is 0.685. The van der Waals surface area contributed by atoms with Gasteiger partial charge < -0.3 is 5.32 Å². The molecular formula is C12H13ClN2O3S. The maximum absolute atomic E-state index is 12.0. The summed E-state index contributed by atoms with van der Waals surface area (Å²) in [5, 5.41) is 13.4. The summed E-state index contributed by atoms with van der Waals surface area (Å²) in [6.07, 6.45) is 1.09. The van der Waals surface area contributed by atoms with E-state index in [2.05, 4.69) is 5.32 Å². The zero-order chi connectivity index (χ0) is 13.8. The molecule has 1 saturated heterocycles. The largest absolute Gasteiger partial charge is 0.352 e. The second kappa shape index (κ2) is 6.25. The third kappa shape index (κ3) is 3.39. The van der Waals surface area contributed by atoms with Gasteiger partial charge in [-0.05, 0) is 29.9 Å². The van der Waals surface area contributed by atoms with Crippen molar-refractivity contribution in [2.75, 3.05) is 18.1 Å². The first kappa shape index (κ1) is 14.1. The van der Waals surface area contributed by atoms with Crippen molar-refractivity contribution in [2.24, 2.45) is 5.92 Å². The molecule has 5 nitrogen and oxygen atoms in total. The van der Waals surface area contributed by atoms with Crippen molar-refractivity contribution in [3.8, 4) is 0 Å². The van der Waals surface area contributed by atoms with E-state index in [0.717, 1.165) is 17.9 Å². The van der Waals surface area contributed by atoms with Crippen LogP contribution in [0.2, 0.25) is 5.02 Å². The van der Waals surface area contributed by atoms with E-state index in [4.69, 9.17) is 11.6 Å². The number of rotatable bonds is 4. The van der Waals surface area contributed by atoms with Gasteiger partial charge in [0.25, 0.3) is 11.6 Å². The molecule has 19 heavy (non-hydrogen) atoms. The van der Waals surface area contributed by atoms with Crippen LogP contribution in [0, 0.1) is 16.0 Å². The highest BCUT2D eigenvalue weighted by atomic mass is 35.5. The van der Waals surface area contributed by atoms with E-state index < -0.39 is 4.92 Å². The number of hydrogen-bond acceptors (Lipinski definition) is 4. The summed E-state index contributed by atoms with van der Waals surface area (Å²) >= 11 is 7.76. The Bertz CT molecular complexity index is 504. The lowest BCUT2D eigenvalue weighted by atomic mass is 10.1. The molecule has 0 spiro atoms. The molecule has 102 valence electrons. The maximum atomic E-state index is 12.0. The fourth-order valence-electron chi connectivity index (χ4n) is 1.91. The number of carbonyl (C=O) groups is 1. The van der Waals surface area contributed by atoms with Crippen LogP contribution in [0.4, 0.5) is 5.69 Å². The molecule has 1 heterocycles. The van der Waals surface area contributed by atoms with Crippen LogP contribution in [0.1, 0.15) is 16.8 Å². The topological polar surface area (TPSA) is 72.2 Å². The number of carbonyl (C=O) groups excluding carboxylic acids is 1. The zero-order valence-electron chi connectivity index (χ0n) is 10.1. The van der Waals surface area contributed by atoms with Gasteiger partial charge >= 0.3 is 0 Å². The number of nitro benzene ring substituents is 1. The van der Waals surface area contributed by atoms with Gasteiger partial charge in [-0.2, -0.15) is 11.8 Å². The Morgan fingerprint density at radius 3 is 3.00 bits per heavy atom. The van der Waals surface area contributed by atoms with Crippen LogP contribution < -0.4 is 5.32 Å². The summed E-state index contributed by atoms with van der Waals surface area (Å²) < 4.78 is 0. The first-order chi connectivity index (χ1) is 9.09. The van der Waals surface area contributed by atoms with Crippen molar-refractivity contribution in [2.45, 2.75) is 6.42 Å². The molecule has 1 aliphatic rings. The molecule has 0 aromatic heterocycles. The number of nitro groups is 1. The third-order valence-corrected chi connectivity index (χ3v) is 4.62. The van der Waals surface area contributed by atoms with Crippen molar-refractivity contribution in [3.63, 3.8) is 0 Å². The third-order valence-electron chi connectivity index (χ3n) is 2.99. The molecule has 1 aromatic carbocycles. The molecule has 7 heteroatoms. The number of nitrogens with zero attached hydrogens (tertiary/aromatic N) is 1. The van der Waals surface area contributed by atoms with Crippen LogP contribution >= 0.6 is 23.4 Å². The fourth-order valence-corrected chi connectivity index (χ4v) is 3.48. The molecular weight excluding hydrogens is 288 g/mol. The Morgan fingerprint density at radius 1 is 1.58 bits per heavy atom. The summed E-state index contributed by atoms with van der Waals surface area (Å²) in [6.45, 7) is 0.588. The highest BCUT2D eigenvalue weighted by Crippen LogP contribution is 2.28. The Balaban J connectivity index is 2.06. The number of thioether (sulfide) groups is 1. The number of hydrogen-bond donors (Lipinski definition) is 1. The molecule has 0 aliphatic carbocycles. The molecule has 1 atom stereocenters. The van der Waals surface area contributed by atoms with E-state index in [-0.39, 0.29) is 22.2 Å². The average Bonchev–Trinajstić information content (AvgIpc) is 2.89.